The van der Waals surface area contributed by atoms with Crippen LogP contribution in [-0.4, -0.2) is 27.2 Å². The van der Waals surface area contributed by atoms with Crippen molar-refractivity contribution in [3.63, 3.8) is 0 Å². The van der Waals surface area contributed by atoms with E-state index in [0.717, 1.165) is 19.3 Å². The SMILES string of the molecule is O=c1cc(N[C@@H]2CCC[C@H]2O)nc[nH]1. The summed E-state index contributed by atoms with van der Waals surface area (Å²) in [6.45, 7) is 0. The van der Waals surface area contributed by atoms with Crippen LogP contribution in [-0.2, 0) is 0 Å². The minimum atomic E-state index is -0.323. The van der Waals surface area contributed by atoms with E-state index in [4.69, 9.17) is 0 Å². The monoisotopic (exact) mass is 195 g/mol. The highest BCUT2D eigenvalue weighted by atomic mass is 16.3. The van der Waals surface area contributed by atoms with Crippen LogP contribution in [0.5, 0.6) is 0 Å². The Balaban J connectivity index is 2.07. The molecule has 1 heterocycles. The summed E-state index contributed by atoms with van der Waals surface area (Å²) in [5, 5.41) is 12.6. The van der Waals surface area contributed by atoms with Crippen LogP contribution >= 0.6 is 0 Å². The second-order valence-electron chi connectivity index (χ2n) is 3.55. The van der Waals surface area contributed by atoms with Gasteiger partial charge in [-0.3, -0.25) is 4.79 Å². The van der Waals surface area contributed by atoms with E-state index in [1.165, 1.54) is 12.4 Å². The smallest absolute Gasteiger partial charge is 0.252 e. The van der Waals surface area contributed by atoms with E-state index in [-0.39, 0.29) is 17.7 Å². The highest BCUT2D eigenvalue weighted by Crippen LogP contribution is 2.21. The van der Waals surface area contributed by atoms with Gasteiger partial charge in [-0.15, -0.1) is 0 Å². The Kier molecular flexibility index (Phi) is 2.49. The zero-order chi connectivity index (χ0) is 9.97. The van der Waals surface area contributed by atoms with Gasteiger partial charge in [-0.2, -0.15) is 0 Å². The largest absolute Gasteiger partial charge is 0.391 e. The highest BCUT2D eigenvalue weighted by molar-refractivity contribution is 5.33. The Bertz CT molecular complexity index is 363. The third kappa shape index (κ3) is 1.93. The van der Waals surface area contributed by atoms with Gasteiger partial charge in [0.25, 0.3) is 5.56 Å². The number of hydrogen-bond acceptors (Lipinski definition) is 4. The van der Waals surface area contributed by atoms with Crippen LogP contribution < -0.4 is 10.9 Å². The third-order valence-electron chi connectivity index (χ3n) is 2.49. The molecule has 3 N–H and O–H groups in total. The number of H-pyrrole nitrogens is 1. The van der Waals surface area contributed by atoms with Gasteiger partial charge >= 0.3 is 0 Å². The molecule has 0 spiro atoms. The first-order valence-corrected chi connectivity index (χ1v) is 4.75. The van der Waals surface area contributed by atoms with E-state index in [2.05, 4.69) is 15.3 Å². The molecule has 1 fully saturated rings. The fourth-order valence-corrected chi connectivity index (χ4v) is 1.75. The topological polar surface area (TPSA) is 78.0 Å². The number of aromatic nitrogens is 2. The molecule has 1 saturated carbocycles. The molecule has 1 aliphatic carbocycles. The standard InChI is InChI=1S/C9H13N3O2/c13-7-3-1-2-6(7)12-8-4-9(14)11-5-10-8/h4-7,13H,1-3H2,(H2,10,11,12,14)/t6-,7-/m1/s1. The van der Waals surface area contributed by atoms with Crippen LogP contribution in [0, 0.1) is 0 Å². The molecule has 0 saturated heterocycles. The van der Waals surface area contributed by atoms with E-state index in [0.29, 0.717) is 5.82 Å². The van der Waals surface area contributed by atoms with Crippen LogP contribution in [0.25, 0.3) is 0 Å². The van der Waals surface area contributed by atoms with E-state index >= 15 is 0 Å². The quantitative estimate of drug-likeness (QED) is 0.625. The molecule has 1 aromatic rings. The molecule has 1 aromatic heterocycles. The summed E-state index contributed by atoms with van der Waals surface area (Å²) in [7, 11) is 0. The number of rotatable bonds is 2. The van der Waals surface area contributed by atoms with Crippen molar-refractivity contribution in [2.45, 2.75) is 31.4 Å². The number of hydrogen-bond donors (Lipinski definition) is 3. The average molecular weight is 195 g/mol. The van der Waals surface area contributed by atoms with Gasteiger partial charge in [0.2, 0.25) is 0 Å². The first-order valence-electron chi connectivity index (χ1n) is 4.75. The molecule has 0 aliphatic heterocycles. The lowest BCUT2D eigenvalue weighted by Gasteiger charge is -2.16. The predicted molar refractivity (Wildman–Crippen MR) is 52.1 cm³/mol. The van der Waals surface area contributed by atoms with Gasteiger partial charge in [0.15, 0.2) is 0 Å². The average Bonchev–Trinajstić information content (AvgIpc) is 2.52. The van der Waals surface area contributed by atoms with Crippen molar-refractivity contribution < 1.29 is 5.11 Å². The van der Waals surface area contributed by atoms with Crippen molar-refractivity contribution in [3.05, 3.63) is 22.7 Å². The van der Waals surface area contributed by atoms with Crippen molar-refractivity contribution in [1.82, 2.24) is 9.97 Å². The summed E-state index contributed by atoms with van der Waals surface area (Å²) in [5.41, 5.74) is -0.185. The summed E-state index contributed by atoms with van der Waals surface area (Å²) in [5.74, 6) is 0.528. The molecule has 0 bridgehead atoms. The van der Waals surface area contributed by atoms with E-state index < -0.39 is 0 Å². The number of aliphatic hydroxyl groups excluding tert-OH is 1. The molecular weight excluding hydrogens is 182 g/mol. The van der Waals surface area contributed by atoms with Gasteiger partial charge in [-0.1, -0.05) is 0 Å². The molecule has 5 heteroatoms. The fraction of sp³-hybridized carbons (Fsp3) is 0.556. The molecule has 0 aromatic carbocycles. The molecule has 2 atom stereocenters. The van der Waals surface area contributed by atoms with Gasteiger partial charge in [0, 0.05) is 6.07 Å². The molecule has 76 valence electrons. The molecular formula is C9H13N3O2. The van der Waals surface area contributed by atoms with Crippen LogP contribution in [0.2, 0.25) is 0 Å². The second-order valence-corrected chi connectivity index (χ2v) is 3.55. The van der Waals surface area contributed by atoms with E-state index in [1.54, 1.807) is 0 Å². The first-order chi connectivity index (χ1) is 6.75. The van der Waals surface area contributed by atoms with Gasteiger partial charge in [-0.05, 0) is 19.3 Å². The maximum Gasteiger partial charge on any atom is 0.252 e. The van der Waals surface area contributed by atoms with E-state index in [1.807, 2.05) is 0 Å². The third-order valence-corrected chi connectivity index (χ3v) is 2.49. The van der Waals surface area contributed by atoms with Crippen molar-refractivity contribution in [3.8, 4) is 0 Å². The van der Waals surface area contributed by atoms with Gasteiger partial charge in [0.1, 0.15) is 5.82 Å². The maximum atomic E-state index is 10.9. The Morgan fingerprint density at radius 2 is 2.43 bits per heavy atom. The zero-order valence-corrected chi connectivity index (χ0v) is 7.73. The molecule has 5 nitrogen and oxygen atoms in total. The maximum absolute atomic E-state index is 10.9. The van der Waals surface area contributed by atoms with Crippen LogP contribution in [0.1, 0.15) is 19.3 Å². The number of nitrogens with one attached hydrogen (secondary N) is 2. The van der Waals surface area contributed by atoms with Crippen molar-refractivity contribution in [2.75, 3.05) is 5.32 Å². The lowest BCUT2D eigenvalue weighted by Crippen LogP contribution is -2.28. The number of aliphatic hydroxyl groups is 1. The normalized spacial score (nSPS) is 26.4. The Morgan fingerprint density at radius 3 is 3.07 bits per heavy atom. The zero-order valence-electron chi connectivity index (χ0n) is 7.73. The molecule has 2 rings (SSSR count). The summed E-state index contributed by atoms with van der Waals surface area (Å²) in [6, 6.07) is 1.43. The van der Waals surface area contributed by atoms with Gasteiger partial charge in [0.05, 0.1) is 18.5 Å². The molecule has 1 aliphatic rings. The highest BCUT2D eigenvalue weighted by Gasteiger charge is 2.25. The number of nitrogens with zero attached hydrogens (tertiary/aromatic N) is 1. The molecule has 0 amide bonds. The molecule has 0 radical (unpaired) electrons. The Hall–Kier alpha value is -1.36. The summed E-state index contributed by atoms with van der Waals surface area (Å²) < 4.78 is 0. The van der Waals surface area contributed by atoms with E-state index in [9.17, 15) is 9.90 Å². The predicted octanol–water partition coefficient (Wildman–Crippen LogP) is 0.0952. The lowest BCUT2D eigenvalue weighted by atomic mass is 10.2. The van der Waals surface area contributed by atoms with Gasteiger partial charge in [-0.25, -0.2) is 4.98 Å². The van der Waals surface area contributed by atoms with Crippen molar-refractivity contribution in [1.29, 1.82) is 0 Å². The summed E-state index contributed by atoms with van der Waals surface area (Å²) >= 11 is 0. The molecule has 14 heavy (non-hydrogen) atoms. The number of aromatic amines is 1. The first kappa shape index (κ1) is 9.21. The van der Waals surface area contributed by atoms with Crippen molar-refractivity contribution >= 4 is 5.82 Å². The second kappa shape index (κ2) is 3.79. The fourth-order valence-electron chi connectivity index (χ4n) is 1.75. The van der Waals surface area contributed by atoms with Gasteiger partial charge < -0.3 is 15.4 Å². The lowest BCUT2D eigenvalue weighted by molar-refractivity contribution is 0.171. The van der Waals surface area contributed by atoms with Crippen LogP contribution in [0.15, 0.2) is 17.2 Å². The van der Waals surface area contributed by atoms with Crippen LogP contribution in [0.4, 0.5) is 5.82 Å². The Morgan fingerprint density at radius 1 is 1.57 bits per heavy atom. The summed E-state index contributed by atoms with van der Waals surface area (Å²) in [4.78, 5) is 17.3. The van der Waals surface area contributed by atoms with Crippen molar-refractivity contribution in [2.24, 2.45) is 0 Å². The molecule has 0 unspecified atom stereocenters. The minimum Gasteiger partial charge on any atom is -0.391 e. The minimum absolute atomic E-state index is 0.0318. The van der Waals surface area contributed by atoms with Crippen LogP contribution in [0.3, 0.4) is 0 Å². The Labute approximate surface area is 81.2 Å². The number of anilines is 1. The summed E-state index contributed by atoms with van der Waals surface area (Å²) in [6.07, 6.45) is 3.79.